The Hall–Kier alpha value is -1.80. The third-order valence-corrected chi connectivity index (χ3v) is 2.13. The second kappa shape index (κ2) is 5.93. The second-order valence-electron chi connectivity index (χ2n) is 3.07. The number of carboxylic acids is 1. The van der Waals surface area contributed by atoms with Gasteiger partial charge in [-0.3, -0.25) is 4.79 Å². The van der Waals surface area contributed by atoms with Crippen molar-refractivity contribution in [1.29, 1.82) is 5.26 Å². The third kappa shape index (κ3) is 3.75. The van der Waals surface area contributed by atoms with Crippen molar-refractivity contribution in [3.8, 4) is 6.07 Å². The molecule has 0 fully saturated rings. The summed E-state index contributed by atoms with van der Waals surface area (Å²) in [6.07, 6.45) is 0.617. The summed E-state index contributed by atoms with van der Waals surface area (Å²) in [6.45, 7) is 0.502. The SMILES string of the molecule is N#Cc1ccc(NCCCC(=O)O)nc1Cl. The molecule has 84 valence electrons. The summed E-state index contributed by atoms with van der Waals surface area (Å²) in [5.41, 5.74) is 0.317. The normalized spacial score (nSPS) is 9.50. The minimum absolute atomic E-state index is 0.108. The Morgan fingerprint density at radius 3 is 2.94 bits per heavy atom. The van der Waals surface area contributed by atoms with Crippen LogP contribution in [-0.2, 0) is 4.79 Å². The first kappa shape index (κ1) is 12.3. The fourth-order valence-corrected chi connectivity index (χ4v) is 1.27. The lowest BCUT2D eigenvalue weighted by Gasteiger charge is -2.04. The maximum absolute atomic E-state index is 10.2. The lowest BCUT2D eigenvalue weighted by atomic mass is 10.3. The maximum atomic E-state index is 10.2. The maximum Gasteiger partial charge on any atom is 0.303 e. The molecule has 0 spiro atoms. The molecule has 0 aliphatic heterocycles. The van der Waals surface area contributed by atoms with E-state index < -0.39 is 5.97 Å². The van der Waals surface area contributed by atoms with Gasteiger partial charge < -0.3 is 10.4 Å². The summed E-state index contributed by atoms with van der Waals surface area (Å²) in [7, 11) is 0. The summed E-state index contributed by atoms with van der Waals surface area (Å²) in [6, 6.07) is 5.10. The van der Waals surface area contributed by atoms with Crippen LogP contribution in [0.1, 0.15) is 18.4 Å². The number of carbonyl (C=O) groups is 1. The van der Waals surface area contributed by atoms with Crippen LogP contribution in [-0.4, -0.2) is 22.6 Å². The highest BCUT2D eigenvalue weighted by Gasteiger charge is 2.02. The second-order valence-corrected chi connectivity index (χ2v) is 3.43. The van der Waals surface area contributed by atoms with Crippen molar-refractivity contribution >= 4 is 23.4 Å². The van der Waals surface area contributed by atoms with E-state index in [0.717, 1.165) is 0 Å². The number of rotatable bonds is 5. The molecule has 1 heterocycles. The minimum Gasteiger partial charge on any atom is -0.481 e. The van der Waals surface area contributed by atoms with E-state index in [2.05, 4.69) is 10.3 Å². The fourth-order valence-electron chi connectivity index (χ4n) is 1.07. The molecule has 0 amide bonds. The lowest BCUT2D eigenvalue weighted by molar-refractivity contribution is -0.137. The lowest BCUT2D eigenvalue weighted by Crippen LogP contribution is -2.06. The van der Waals surface area contributed by atoms with Crippen LogP contribution in [0.15, 0.2) is 12.1 Å². The number of nitriles is 1. The first-order chi connectivity index (χ1) is 7.63. The van der Waals surface area contributed by atoms with Gasteiger partial charge in [0.15, 0.2) is 0 Å². The average molecular weight is 240 g/mol. The molecule has 0 bridgehead atoms. The molecule has 1 aromatic rings. The predicted octanol–water partition coefficient (Wildman–Crippen LogP) is 1.88. The molecule has 1 rings (SSSR count). The van der Waals surface area contributed by atoms with E-state index in [0.29, 0.717) is 24.3 Å². The number of hydrogen-bond donors (Lipinski definition) is 2. The van der Waals surface area contributed by atoms with Gasteiger partial charge in [0.25, 0.3) is 0 Å². The van der Waals surface area contributed by atoms with Crippen molar-refractivity contribution in [2.45, 2.75) is 12.8 Å². The predicted molar refractivity (Wildman–Crippen MR) is 59.3 cm³/mol. The quantitative estimate of drug-likeness (QED) is 0.605. The van der Waals surface area contributed by atoms with Crippen LogP contribution in [0, 0.1) is 11.3 Å². The number of hydrogen-bond acceptors (Lipinski definition) is 4. The number of nitrogens with zero attached hydrogens (tertiary/aromatic N) is 2. The molecular weight excluding hydrogens is 230 g/mol. The van der Waals surface area contributed by atoms with Crippen molar-refractivity contribution in [3.63, 3.8) is 0 Å². The van der Waals surface area contributed by atoms with Crippen LogP contribution < -0.4 is 5.32 Å². The Balaban J connectivity index is 2.47. The molecule has 16 heavy (non-hydrogen) atoms. The van der Waals surface area contributed by atoms with Crippen LogP contribution in [0.3, 0.4) is 0 Å². The molecule has 0 aliphatic rings. The third-order valence-electron chi connectivity index (χ3n) is 1.84. The Morgan fingerprint density at radius 2 is 2.38 bits per heavy atom. The molecule has 0 aromatic carbocycles. The first-order valence-corrected chi connectivity index (χ1v) is 5.03. The average Bonchev–Trinajstić information content (AvgIpc) is 2.24. The van der Waals surface area contributed by atoms with Gasteiger partial charge >= 0.3 is 5.97 Å². The zero-order valence-electron chi connectivity index (χ0n) is 8.40. The van der Waals surface area contributed by atoms with Gasteiger partial charge in [-0.05, 0) is 18.6 Å². The summed E-state index contributed by atoms with van der Waals surface area (Å²) < 4.78 is 0. The van der Waals surface area contributed by atoms with E-state index in [9.17, 15) is 4.79 Å². The molecule has 5 nitrogen and oxygen atoms in total. The van der Waals surface area contributed by atoms with Crippen LogP contribution >= 0.6 is 11.6 Å². The molecule has 0 aliphatic carbocycles. The molecule has 0 radical (unpaired) electrons. The van der Waals surface area contributed by atoms with E-state index in [1.165, 1.54) is 0 Å². The summed E-state index contributed by atoms with van der Waals surface area (Å²) in [4.78, 5) is 14.2. The van der Waals surface area contributed by atoms with Crippen LogP contribution in [0.4, 0.5) is 5.82 Å². The number of pyridine rings is 1. The van der Waals surface area contributed by atoms with E-state index in [1.807, 2.05) is 6.07 Å². The molecule has 2 N–H and O–H groups in total. The van der Waals surface area contributed by atoms with Gasteiger partial charge in [-0.25, -0.2) is 4.98 Å². The fraction of sp³-hybridized carbons (Fsp3) is 0.300. The van der Waals surface area contributed by atoms with Crippen molar-refractivity contribution in [3.05, 3.63) is 22.8 Å². The van der Waals surface area contributed by atoms with E-state index in [4.69, 9.17) is 22.0 Å². The van der Waals surface area contributed by atoms with E-state index in [1.54, 1.807) is 12.1 Å². The van der Waals surface area contributed by atoms with Crippen molar-refractivity contribution in [2.75, 3.05) is 11.9 Å². The Bertz CT molecular complexity index is 429. The summed E-state index contributed by atoms with van der Waals surface area (Å²) in [5, 5.41) is 20.1. The number of nitrogens with one attached hydrogen (secondary N) is 1. The van der Waals surface area contributed by atoms with Gasteiger partial charge in [-0.1, -0.05) is 11.6 Å². The van der Waals surface area contributed by atoms with Gasteiger partial charge in [-0.2, -0.15) is 5.26 Å². The Kier molecular flexibility index (Phi) is 4.55. The molecule has 0 atom stereocenters. The largest absolute Gasteiger partial charge is 0.481 e. The monoisotopic (exact) mass is 239 g/mol. The number of aromatic nitrogens is 1. The molecule has 1 aromatic heterocycles. The van der Waals surface area contributed by atoms with Gasteiger partial charge in [0.05, 0.1) is 5.56 Å². The summed E-state index contributed by atoms with van der Waals surface area (Å²) >= 11 is 5.73. The molecule has 6 heteroatoms. The zero-order chi connectivity index (χ0) is 12.0. The van der Waals surface area contributed by atoms with E-state index >= 15 is 0 Å². The van der Waals surface area contributed by atoms with Crippen molar-refractivity contribution in [2.24, 2.45) is 0 Å². The van der Waals surface area contributed by atoms with Crippen molar-refractivity contribution < 1.29 is 9.90 Å². The molecular formula is C10H10ClN3O2. The molecule has 0 saturated heterocycles. The number of aliphatic carboxylic acids is 1. The number of anilines is 1. The highest BCUT2D eigenvalue weighted by Crippen LogP contribution is 2.15. The van der Waals surface area contributed by atoms with Gasteiger partial charge in [0.2, 0.25) is 0 Å². The Labute approximate surface area is 97.7 Å². The summed E-state index contributed by atoms with van der Waals surface area (Å²) in [5.74, 6) is -0.290. The first-order valence-electron chi connectivity index (χ1n) is 4.66. The molecule has 0 saturated carbocycles. The minimum atomic E-state index is -0.826. The standard InChI is InChI=1S/C10H10ClN3O2/c11-10-7(6-12)3-4-8(14-10)13-5-1-2-9(15)16/h3-4H,1-2,5H2,(H,13,14)(H,15,16). The topological polar surface area (TPSA) is 86.0 Å². The highest BCUT2D eigenvalue weighted by molar-refractivity contribution is 6.30. The smallest absolute Gasteiger partial charge is 0.303 e. The number of halogens is 1. The Morgan fingerprint density at radius 1 is 1.62 bits per heavy atom. The number of carboxylic acid groups (broad SMARTS) is 1. The van der Waals surface area contributed by atoms with Gasteiger partial charge in [0.1, 0.15) is 17.0 Å². The highest BCUT2D eigenvalue weighted by atomic mass is 35.5. The van der Waals surface area contributed by atoms with Crippen molar-refractivity contribution in [1.82, 2.24) is 4.98 Å². The van der Waals surface area contributed by atoms with Crippen LogP contribution in [0.2, 0.25) is 5.15 Å². The van der Waals surface area contributed by atoms with Crippen LogP contribution in [0.5, 0.6) is 0 Å². The van der Waals surface area contributed by atoms with Gasteiger partial charge in [0, 0.05) is 13.0 Å². The van der Waals surface area contributed by atoms with Crippen LogP contribution in [0.25, 0.3) is 0 Å². The molecule has 0 unspecified atom stereocenters. The zero-order valence-corrected chi connectivity index (χ0v) is 9.16. The van der Waals surface area contributed by atoms with E-state index in [-0.39, 0.29) is 11.6 Å². The van der Waals surface area contributed by atoms with Gasteiger partial charge in [-0.15, -0.1) is 0 Å².